The van der Waals surface area contributed by atoms with Gasteiger partial charge >= 0.3 is 0 Å². The van der Waals surface area contributed by atoms with Crippen molar-refractivity contribution in [2.45, 2.75) is 95.3 Å². The number of fused-ring (bicyclic) bond motifs is 2. The number of piperidine rings is 1. The van der Waals surface area contributed by atoms with E-state index < -0.39 is 0 Å². The molecule has 2 nitrogen and oxygen atoms in total. The van der Waals surface area contributed by atoms with Crippen LogP contribution in [0.3, 0.4) is 0 Å². The van der Waals surface area contributed by atoms with Gasteiger partial charge in [0.25, 0.3) is 0 Å². The third-order valence-electron chi connectivity index (χ3n) is 5.78. The van der Waals surface area contributed by atoms with Gasteiger partial charge in [0.1, 0.15) is 0 Å². The number of nitrogens with one attached hydrogen (secondary N) is 1. The minimum atomic E-state index is 0.543. The molecule has 1 aliphatic carbocycles. The summed E-state index contributed by atoms with van der Waals surface area (Å²) in [6.45, 7) is 5.95. The molecule has 2 unspecified atom stereocenters. The molecule has 3 aliphatic rings. The van der Waals surface area contributed by atoms with Crippen LogP contribution in [-0.4, -0.2) is 35.1 Å². The Morgan fingerprint density at radius 3 is 2.22 bits per heavy atom. The highest BCUT2D eigenvalue weighted by Gasteiger charge is 2.48. The minimum Gasteiger partial charge on any atom is -0.314 e. The summed E-state index contributed by atoms with van der Waals surface area (Å²) in [6.07, 6.45) is 13.0. The summed E-state index contributed by atoms with van der Waals surface area (Å²) in [4.78, 5) is 2.97. The third kappa shape index (κ3) is 2.22. The fraction of sp³-hybridized carbons (Fsp3) is 1.00. The van der Waals surface area contributed by atoms with Crippen LogP contribution in [0.15, 0.2) is 0 Å². The molecule has 3 rings (SSSR count). The van der Waals surface area contributed by atoms with Gasteiger partial charge < -0.3 is 5.32 Å². The molecule has 2 heteroatoms. The van der Waals surface area contributed by atoms with E-state index in [1.165, 1.54) is 57.8 Å². The molecule has 2 aliphatic heterocycles. The summed E-state index contributed by atoms with van der Waals surface area (Å²) in [7, 11) is 0. The van der Waals surface area contributed by atoms with Crippen LogP contribution in [0, 0.1) is 0 Å². The monoisotopic (exact) mass is 250 g/mol. The molecular weight excluding hydrogens is 220 g/mol. The van der Waals surface area contributed by atoms with Gasteiger partial charge in [-0.25, -0.2) is 0 Å². The Balaban J connectivity index is 1.71. The average Bonchev–Trinajstić information content (AvgIpc) is 2.64. The first-order valence-electron chi connectivity index (χ1n) is 8.25. The van der Waals surface area contributed by atoms with E-state index in [0.29, 0.717) is 5.54 Å². The number of rotatable bonds is 3. The van der Waals surface area contributed by atoms with Gasteiger partial charge in [-0.05, 0) is 52.0 Å². The smallest absolute Gasteiger partial charge is 0.0187 e. The lowest BCUT2D eigenvalue weighted by Gasteiger charge is -2.51. The van der Waals surface area contributed by atoms with Crippen molar-refractivity contribution in [3.8, 4) is 0 Å². The van der Waals surface area contributed by atoms with Gasteiger partial charge in [0.2, 0.25) is 0 Å². The quantitative estimate of drug-likeness (QED) is 0.826. The second kappa shape index (κ2) is 5.13. The predicted molar refractivity (Wildman–Crippen MR) is 76.8 cm³/mol. The largest absolute Gasteiger partial charge is 0.314 e. The second-order valence-corrected chi connectivity index (χ2v) is 7.08. The maximum atomic E-state index is 3.69. The van der Waals surface area contributed by atoms with Crippen molar-refractivity contribution in [1.82, 2.24) is 10.2 Å². The zero-order chi connectivity index (χ0) is 12.6. The van der Waals surface area contributed by atoms with Gasteiger partial charge in [0.05, 0.1) is 0 Å². The maximum Gasteiger partial charge on any atom is 0.0187 e. The van der Waals surface area contributed by atoms with E-state index in [2.05, 4.69) is 24.1 Å². The SMILES string of the molecule is CCNC1CC2CCC(C1)N2C1(C)CCCCC1. The second-order valence-electron chi connectivity index (χ2n) is 7.08. The van der Waals surface area contributed by atoms with Crippen molar-refractivity contribution >= 4 is 0 Å². The van der Waals surface area contributed by atoms with Crippen LogP contribution in [0.5, 0.6) is 0 Å². The zero-order valence-corrected chi connectivity index (χ0v) is 12.3. The Morgan fingerprint density at radius 2 is 1.67 bits per heavy atom. The topological polar surface area (TPSA) is 15.3 Å². The van der Waals surface area contributed by atoms with Crippen LogP contribution >= 0.6 is 0 Å². The van der Waals surface area contributed by atoms with Crippen LogP contribution in [0.4, 0.5) is 0 Å². The summed E-state index contributed by atoms with van der Waals surface area (Å²) in [5.41, 5.74) is 0.543. The lowest BCUT2D eigenvalue weighted by Crippen LogP contribution is -2.58. The standard InChI is InChI=1S/C16H30N2/c1-3-17-13-11-14-7-8-15(12-13)18(14)16(2)9-5-4-6-10-16/h13-15,17H,3-12H2,1-2H3. The molecule has 1 saturated carbocycles. The Hall–Kier alpha value is -0.0800. The lowest BCUT2D eigenvalue weighted by atomic mass is 9.79. The van der Waals surface area contributed by atoms with E-state index in [-0.39, 0.29) is 0 Å². The summed E-state index contributed by atoms with van der Waals surface area (Å²) in [5.74, 6) is 0. The average molecular weight is 250 g/mol. The molecule has 0 aromatic rings. The minimum absolute atomic E-state index is 0.543. The van der Waals surface area contributed by atoms with Gasteiger partial charge in [-0.2, -0.15) is 0 Å². The molecule has 2 bridgehead atoms. The number of hydrogen-bond donors (Lipinski definition) is 1. The Morgan fingerprint density at radius 1 is 1.06 bits per heavy atom. The zero-order valence-electron chi connectivity index (χ0n) is 12.3. The van der Waals surface area contributed by atoms with Crippen LogP contribution in [0.25, 0.3) is 0 Å². The molecule has 2 saturated heterocycles. The highest BCUT2D eigenvalue weighted by molar-refractivity contribution is 5.05. The molecular formula is C16H30N2. The first kappa shape index (κ1) is 12.9. The molecule has 2 atom stereocenters. The Bertz CT molecular complexity index is 269. The number of hydrogen-bond acceptors (Lipinski definition) is 2. The van der Waals surface area contributed by atoms with Crippen molar-refractivity contribution in [3.63, 3.8) is 0 Å². The molecule has 0 aromatic heterocycles. The van der Waals surface area contributed by atoms with Crippen molar-refractivity contribution in [1.29, 1.82) is 0 Å². The molecule has 0 spiro atoms. The van der Waals surface area contributed by atoms with Crippen LogP contribution in [0.2, 0.25) is 0 Å². The fourth-order valence-electron chi connectivity index (χ4n) is 5.09. The third-order valence-corrected chi connectivity index (χ3v) is 5.78. The van der Waals surface area contributed by atoms with Gasteiger partial charge in [-0.1, -0.05) is 26.2 Å². The van der Waals surface area contributed by atoms with Crippen molar-refractivity contribution in [2.75, 3.05) is 6.54 Å². The highest BCUT2D eigenvalue weighted by Crippen LogP contribution is 2.45. The summed E-state index contributed by atoms with van der Waals surface area (Å²) < 4.78 is 0. The molecule has 2 heterocycles. The van der Waals surface area contributed by atoms with Gasteiger partial charge in [0.15, 0.2) is 0 Å². The molecule has 0 aromatic carbocycles. The molecule has 0 radical (unpaired) electrons. The molecule has 3 fully saturated rings. The molecule has 1 N–H and O–H groups in total. The lowest BCUT2D eigenvalue weighted by molar-refractivity contribution is -0.0116. The first-order chi connectivity index (χ1) is 8.73. The predicted octanol–water partition coefficient (Wildman–Crippen LogP) is 3.31. The van der Waals surface area contributed by atoms with E-state index >= 15 is 0 Å². The molecule has 0 amide bonds. The van der Waals surface area contributed by atoms with Crippen molar-refractivity contribution in [2.24, 2.45) is 0 Å². The van der Waals surface area contributed by atoms with E-state index in [1.807, 2.05) is 0 Å². The normalized spacial score (nSPS) is 40.0. The van der Waals surface area contributed by atoms with Gasteiger partial charge in [-0.3, -0.25) is 4.90 Å². The van der Waals surface area contributed by atoms with Crippen molar-refractivity contribution in [3.05, 3.63) is 0 Å². The summed E-state index contributed by atoms with van der Waals surface area (Å²) in [5, 5.41) is 3.69. The summed E-state index contributed by atoms with van der Waals surface area (Å²) >= 11 is 0. The fourth-order valence-corrected chi connectivity index (χ4v) is 5.09. The van der Waals surface area contributed by atoms with Crippen LogP contribution in [0.1, 0.15) is 71.6 Å². The van der Waals surface area contributed by atoms with E-state index in [0.717, 1.165) is 24.7 Å². The summed E-state index contributed by atoms with van der Waals surface area (Å²) in [6, 6.07) is 2.57. The molecule has 18 heavy (non-hydrogen) atoms. The van der Waals surface area contributed by atoms with Gasteiger partial charge in [-0.15, -0.1) is 0 Å². The first-order valence-corrected chi connectivity index (χ1v) is 8.25. The van der Waals surface area contributed by atoms with E-state index in [9.17, 15) is 0 Å². The van der Waals surface area contributed by atoms with Crippen molar-refractivity contribution < 1.29 is 0 Å². The van der Waals surface area contributed by atoms with Crippen LogP contribution in [-0.2, 0) is 0 Å². The highest BCUT2D eigenvalue weighted by atomic mass is 15.3. The van der Waals surface area contributed by atoms with Gasteiger partial charge in [0, 0.05) is 23.7 Å². The van der Waals surface area contributed by atoms with E-state index in [4.69, 9.17) is 0 Å². The number of nitrogens with zero attached hydrogens (tertiary/aromatic N) is 1. The Labute approximate surface area is 113 Å². The maximum absolute atomic E-state index is 3.69. The Kier molecular flexibility index (Phi) is 3.68. The van der Waals surface area contributed by atoms with E-state index in [1.54, 1.807) is 0 Å². The van der Waals surface area contributed by atoms with Crippen LogP contribution < -0.4 is 5.32 Å². The molecule has 104 valence electrons.